The van der Waals surface area contributed by atoms with Crippen molar-refractivity contribution in [1.29, 1.82) is 0 Å². The van der Waals surface area contributed by atoms with Crippen LogP contribution in [0.2, 0.25) is 0 Å². The second kappa shape index (κ2) is 5.27. The van der Waals surface area contributed by atoms with Gasteiger partial charge < -0.3 is 5.73 Å². The molecule has 2 N–H and O–H groups in total. The molecule has 0 amide bonds. The van der Waals surface area contributed by atoms with Crippen molar-refractivity contribution < 1.29 is 0 Å². The van der Waals surface area contributed by atoms with Crippen molar-refractivity contribution >= 4 is 10.9 Å². The SMILES string of the molecule is NCc1cccc(Cn2ncc(=O)c3ccccc32)c1. The first-order valence-corrected chi connectivity index (χ1v) is 6.50. The van der Waals surface area contributed by atoms with Crippen LogP contribution in [0.4, 0.5) is 0 Å². The van der Waals surface area contributed by atoms with Gasteiger partial charge in [-0.2, -0.15) is 5.10 Å². The van der Waals surface area contributed by atoms with Gasteiger partial charge in [-0.25, -0.2) is 0 Å². The summed E-state index contributed by atoms with van der Waals surface area (Å²) < 4.78 is 1.84. The number of fused-ring (bicyclic) bond motifs is 1. The minimum Gasteiger partial charge on any atom is -0.326 e. The summed E-state index contributed by atoms with van der Waals surface area (Å²) in [6, 6.07) is 15.6. The van der Waals surface area contributed by atoms with Gasteiger partial charge in [-0.1, -0.05) is 36.4 Å². The molecule has 0 saturated carbocycles. The summed E-state index contributed by atoms with van der Waals surface area (Å²) in [7, 11) is 0. The molecule has 0 bridgehead atoms. The smallest absolute Gasteiger partial charge is 0.207 e. The fourth-order valence-corrected chi connectivity index (χ4v) is 2.31. The predicted molar refractivity (Wildman–Crippen MR) is 79.4 cm³/mol. The van der Waals surface area contributed by atoms with E-state index in [1.807, 2.05) is 47.1 Å². The zero-order valence-electron chi connectivity index (χ0n) is 11.0. The van der Waals surface area contributed by atoms with Crippen molar-refractivity contribution in [2.75, 3.05) is 0 Å². The lowest BCUT2D eigenvalue weighted by atomic mass is 10.1. The summed E-state index contributed by atoms with van der Waals surface area (Å²) in [5, 5.41) is 4.92. The molecule has 1 aromatic heterocycles. The van der Waals surface area contributed by atoms with Gasteiger partial charge in [0.25, 0.3) is 0 Å². The van der Waals surface area contributed by atoms with Gasteiger partial charge in [0.05, 0.1) is 18.3 Å². The molecule has 0 saturated heterocycles. The van der Waals surface area contributed by atoms with Crippen LogP contribution < -0.4 is 11.2 Å². The Bertz CT molecular complexity index is 808. The maximum absolute atomic E-state index is 11.8. The van der Waals surface area contributed by atoms with Gasteiger partial charge in [-0.3, -0.25) is 9.48 Å². The van der Waals surface area contributed by atoms with E-state index in [0.717, 1.165) is 16.6 Å². The zero-order valence-corrected chi connectivity index (χ0v) is 11.0. The van der Waals surface area contributed by atoms with Gasteiger partial charge in [-0.05, 0) is 23.3 Å². The van der Waals surface area contributed by atoms with Gasteiger partial charge in [0.15, 0.2) is 0 Å². The third-order valence-corrected chi connectivity index (χ3v) is 3.32. The molecule has 0 fully saturated rings. The molecule has 1 heterocycles. The molecule has 20 heavy (non-hydrogen) atoms. The van der Waals surface area contributed by atoms with Gasteiger partial charge in [0.1, 0.15) is 0 Å². The second-order valence-corrected chi connectivity index (χ2v) is 4.71. The van der Waals surface area contributed by atoms with Crippen molar-refractivity contribution in [3.63, 3.8) is 0 Å². The van der Waals surface area contributed by atoms with Crippen LogP contribution in [0, 0.1) is 0 Å². The number of benzene rings is 2. The Morgan fingerprint density at radius 1 is 1.05 bits per heavy atom. The monoisotopic (exact) mass is 265 g/mol. The average Bonchev–Trinajstić information content (AvgIpc) is 2.51. The van der Waals surface area contributed by atoms with Crippen molar-refractivity contribution in [2.45, 2.75) is 13.1 Å². The van der Waals surface area contributed by atoms with E-state index in [9.17, 15) is 4.79 Å². The highest BCUT2D eigenvalue weighted by atomic mass is 16.1. The zero-order chi connectivity index (χ0) is 13.9. The van der Waals surface area contributed by atoms with Crippen LogP contribution in [0.5, 0.6) is 0 Å². The largest absolute Gasteiger partial charge is 0.326 e. The molecule has 0 spiro atoms. The van der Waals surface area contributed by atoms with E-state index >= 15 is 0 Å². The second-order valence-electron chi connectivity index (χ2n) is 4.71. The molecule has 0 aliphatic heterocycles. The molecular weight excluding hydrogens is 250 g/mol. The fourth-order valence-electron chi connectivity index (χ4n) is 2.31. The Hall–Kier alpha value is -2.46. The maximum atomic E-state index is 11.8. The fraction of sp³-hybridized carbons (Fsp3) is 0.125. The van der Waals surface area contributed by atoms with E-state index in [0.29, 0.717) is 18.5 Å². The molecule has 0 atom stereocenters. The summed E-state index contributed by atoms with van der Waals surface area (Å²) >= 11 is 0. The number of rotatable bonds is 3. The van der Waals surface area contributed by atoms with Crippen molar-refractivity contribution in [3.8, 4) is 0 Å². The normalized spacial score (nSPS) is 10.8. The standard InChI is InChI=1S/C16H15N3O/c17-9-12-4-3-5-13(8-12)11-19-15-7-2-1-6-14(15)16(20)10-18-19/h1-8,10H,9,11,17H2. The quantitative estimate of drug-likeness (QED) is 0.786. The van der Waals surface area contributed by atoms with Gasteiger partial charge >= 0.3 is 0 Å². The molecule has 0 radical (unpaired) electrons. The lowest BCUT2D eigenvalue weighted by Gasteiger charge is -2.10. The molecular formula is C16H15N3O. The van der Waals surface area contributed by atoms with Crippen LogP contribution in [0.3, 0.4) is 0 Å². The van der Waals surface area contributed by atoms with Gasteiger partial charge in [0, 0.05) is 11.9 Å². The first-order chi connectivity index (χ1) is 9.78. The number of hydrogen-bond acceptors (Lipinski definition) is 3. The molecule has 0 unspecified atom stereocenters. The van der Waals surface area contributed by atoms with E-state index in [-0.39, 0.29) is 5.43 Å². The van der Waals surface area contributed by atoms with Crippen LogP contribution >= 0.6 is 0 Å². The number of hydrogen-bond donors (Lipinski definition) is 1. The van der Waals surface area contributed by atoms with E-state index in [4.69, 9.17) is 5.73 Å². The third-order valence-electron chi connectivity index (χ3n) is 3.32. The lowest BCUT2D eigenvalue weighted by Crippen LogP contribution is -2.13. The van der Waals surface area contributed by atoms with Crippen molar-refractivity contribution in [2.24, 2.45) is 5.73 Å². The van der Waals surface area contributed by atoms with E-state index < -0.39 is 0 Å². The molecule has 3 rings (SSSR count). The summed E-state index contributed by atoms with van der Waals surface area (Å²) in [6.07, 6.45) is 1.37. The minimum atomic E-state index is -0.0486. The Morgan fingerprint density at radius 3 is 2.70 bits per heavy atom. The number of nitrogens with zero attached hydrogens (tertiary/aromatic N) is 2. The van der Waals surface area contributed by atoms with Crippen LogP contribution in [0.15, 0.2) is 59.5 Å². The number of nitrogens with two attached hydrogens (primary N) is 1. The average molecular weight is 265 g/mol. The minimum absolute atomic E-state index is 0.0486. The van der Waals surface area contributed by atoms with Crippen LogP contribution in [-0.4, -0.2) is 9.78 Å². The summed E-state index contributed by atoms with van der Waals surface area (Å²) in [5.41, 5.74) is 8.67. The Morgan fingerprint density at radius 2 is 1.85 bits per heavy atom. The molecule has 3 aromatic rings. The summed E-state index contributed by atoms with van der Waals surface area (Å²) in [5.74, 6) is 0. The first kappa shape index (κ1) is 12.6. The van der Waals surface area contributed by atoms with E-state index in [1.54, 1.807) is 0 Å². The van der Waals surface area contributed by atoms with E-state index in [1.165, 1.54) is 6.20 Å². The highest BCUT2D eigenvalue weighted by molar-refractivity contribution is 5.77. The summed E-state index contributed by atoms with van der Waals surface area (Å²) in [6.45, 7) is 1.14. The van der Waals surface area contributed by atoms with Gasteiger partial charge in [0.2, 0.25) is 5.43 Å². The Kier molecular flexibility index (Phi) is 3.31. The summed E-state index contributed by atoms with van der Waals surface area (Å²) in [4.78, 5) is 11.8. The molecule has 4 nitrogen and oxygen atoms in total. The van der Waals surface area contributed by atoms with Crippen molar-refractivity contribution in [3.05, 3.63) is 76.1 Å². The third kappa shape index (κ3) is 2.33. The molecule has 4 heteroatoms. The number of aromatic nitrogens is 2. The molecule has 2 aromatic carbocycles. The first-order valence-electron chi connectivity index (χ1n) is 6.50. The van der Waals surface area contributed by atoms with E-state index in [2.05, 4.69) is 11.2 Å². The van der Waals surface area contributed by atoms with Gasteiger partial charge in [-0.15, -0.1) is 0 Å². The highest BCUT2D eigenvalue weighted by Gasteiger charge is 2.04. The predicted octanol–water partition coefficient (Wildman–Crippen LogP) is 1.90. The molecule has 100 valence electrons. The molecule has 0 aliphatic rings. The van der Waals surface area contributed by atoms with Crippen LogP contribution in [0.25, 0.3) is 10.9 Å². The molecule has 0 aliphatic carbocycles. The number of para-hydroxylation sites is 1. The van der Waals surface area contributed by atoms with Crippen LogP contribution in [0.1, 0.15) is 11.1 Å². The Labute approximate surface area is 116 Å². The maximum Gasteiger partial charge on any atom is 0.207 e. The topological polar surface area (TPSA) is 60.9 Å². The lowest BCUT2D eigenvalue weighted by molar-refractivity contribution is 0.694. The van der Waals surface area contributed by atoms with Crippen molar-refractivity contribution in [1.82, 2.24) is 9.78 Å². The Balaban J connectivity index is 2.07. The highest BCUT2D eigenvalue weighted by Crippen LogP contribution is 2.11. The van der Waals surface area contributed by atoms with Crippen LogP contribution in [-0.2, 0) is 13.1 Å².